The van der Waals surface area contributed by atoms with E-state index in [2.05, 4.69) is 17.2 Å². The Bertz CT molecular complexity index is 1200. The molecule has 0 spiro atoms. The quantitative estimate of drug-likeness (QED) is 0.367. The molecule has 1 amide bonds. The number of hydrogen-bond donors (Lipinski definition) is 1. The maximum absolute atomic E-state index is 12.8. The number of nitrogens with one attached hydrogen (secondary N) is 1. The first-order chi connectivity index (χ1) is 14.5. The monoisotopic (exact) mass is 439 g/mol. The van der Waals surface area contributed by atoms with Gasteiger partial charge in [0.15, 0.2) is 0 Å². The van der Waals surface area contributed by atoms with E-state index in [1.54, 1.807) is 0 Å². The van der Waals surface area contributed by atoms with Crippen LogP contribution in [0.1, 0.15) is 34.1 Å². The standard InChI is InChI=1S/C23H22ClN3O2S/c1-3-10-27-20-7-5-4-6-19(20)25-23(27)26-22(28)21-12-16(14-30-21)13-29-17-8-9-18(24)15(2)11-17/h4-9,11-12,14H,3,10,13H2,1-2H3,(H,25,26,28). The van der Waals surface area contributed by atoms with Crippen LogP contribution in [0.5, 0.6) is 5.75 Å². The third-order valence-corrected chi connectivity index (χ3v) is 6.14. The van der Waals surface area contributed by atoms with Crippen LogP contribution in [0.25, 0.3) is 11.0 Å². The molecule has 5 nitrogen and oxygen atoms in total. The van der Waals surface area contributed by atoms with Crippen molar-refractivity contribution in [2.24, 2.45) is 0 Å². The molecule has 4 rings (SSSR count). The van der Waals surface area contributed by atoms with Crippen molar-refractivity contribution < 1.29 is 9.53 Å². The molecular formula is C23H22ClN3O2S. The molecule has 2 heterocycles. The van der Waals surface area contributed by atoms with Gasteiger partial charge in [0.05, 0.1) is 15.9 Å². The van der Waals surface area contributed by atoms with Gasteiger partial charge in [0.25, 0.3) is 5.91 Å². The van der Waals surface area contributed by atoms with Gasteiger partial charge >= 0.3 is 0 Å². The smallest absolute Gasteiger partial charge is 0.268 e. The van der Waals surface area contributed by atoms with Crippen LogP contribution in [-0.4, -0.2) is 15.5 Å². The Kier molecular flexibility index (Phi) is 6.06. The second kappa shape index (κ2) is 8.90. The number of benzene rings is 2. The minimum absolute atomic E-state index is 0.166. The fourth-order valence-electron chi connectivity index (χ4n) is 3.23. The van der Waals surface area contributed by atoms with Gasteiger partial charge in [-0.1, -0.05) is 30.7 Å². The Morgan fingerprint density at radius 1 is 1.23 bits per heavy atom. The molecule has 1 N–H and O–H groups in total. The summed E-state index contributed by atoms with van der Waals surface area (Å²) in [5.74, 6) is 1.16. The molecule has 30 heavy (non-hydrogen) atoms. The van der Waals surface area contributed by atoms with Gasteiger partial charge in [0.2, 0.25) is 5.95 Å². The summed E-state index contributed by atoms with van der Waals surface area (Å²) in [5, 5.41) is 5.62. The molecule has 0 fully saturated rings. The average Bonchev–Trinajstić information content (AvgIpc) is 3.35. The van der Waals surface area contributed by atoms with Crippen molar-refractivity contribution in [2.45, 2.75) is 33.4 Å². The zero-order chi connectivity index (χ0) is 21.1. The molecule has 0 radical (unpaired) electrons. The summed E-state index contributed by atoms with van der Waals surface area (Å²) >= 11 is 7.45. The third-order valence-electron chi connectivity index (χ3n) is 4.74. The molecule has 154 valence electrons. The summed E-state index contributed by atoms with van der Waals surface area (Å²) in [4.78, 5) is 18.0. The van der Waals surface area contributed by atoms with Gasteiger partial charge in [-0.15, -0.1) is 11.3 Å². The van der Waals surface area contributed by atoms with E-state index >= 15 is 0 Å². The maximum Gasteiger partial charge on any atom is 0.268 e. The second-order valence-electron chi connectivity index (χ2n) is 7.05. The van der Waals surface area contributed by atoms with Crippen molar-refractivity contribution in [3.05, 3.63) is 74.9 Å². The molecule has 0 saturated heterocycles. The molecule has 0 bridgehead atoms. The van der Waals surface area contributed by atoms with Crippen LogP contribution in [0, 0.1) is 6.92 Å². The van der Waals surface area contributed by atoms with Crippen LogP contribution in [0.2, 0.25) is 5.02 Å². The van der Waals surface area contributed by atoms with E-state index in [1.165, 1.54) is 11.3 Å². The van der Waals surface area contributed by atoms with Crippen molar-refractivity contribution in [3.8, 4) is 5.75 Å². The highest BCUT2D eigenvalue weighted by Crippen LogP contribution is 2.24. The first kappa shape index (κ1) is 20.4. The number of ether oxygens (including phenoxy) is 1. The number of carbonyl (C=O) groups is 1. The number of hydrogen-bond acceptors (Lipinski definition) is 4. The fourth-order valence-corrected chi connectivity index (χ4v) is 4.14. The van der Waals surface area contributed by atoms with Gasteiger partial charge in [-0.3, -0.25) is 10.1 Å². The predicted molar refractivity (Wildman–Crippen MR) is 123 cm³/mol. The molecule has 0 aliphatic rings. The Morgan fingerprint density at radius 3 is 2.87 bits per heavy atom. The maximum atomic E-state index is 12.8. The molecule has 0 aliphatic carbocycles. The highest BCUT2D eigenvalue weighted by Gasteiger charge is 2.15. The van der Waals surface area contributed by atoms with Crippen LogP contribution in [0.15, 0.2) is 53.9 Å². The fraction of sp³-hybridized carbons (Fsp3) is 0.217. The number of amides is 1. The third kappa shape index (κ3) is 4.35. The van der Waals surface area contributed by atoms with Crippen molar-refractivity contribution in [3.63, 3.8) is 0 Å². The van der Waals surface area contributed by atoms with Crippen molar-refractivity contribution >= 4 is 45.8 Å². The molecule has 0 saturated carbocycles. The number of carbonyl (C=O) groups excluding carboxylic acids is 1. The van der Waals surface area contributed by atoms with E-state index in [-0.39, 0.29) is 5.91 Å². The number of halogens is 1. The zero-order valence-corrected chi connectivity index (χ0v) is 18.4. The van der Waals surface area contributed by atoms with Crippen LogP contribution in [0.4, 0.5) is 5.95 Å². The number of para-hydroxylation sites is 2. The Balaban J connectivity index is 1.46. The molecule has 0 unspecified atom stereocenters. The SMILES string of the molecule is CCCn1c(NC(=O)c2cc(COc3ccc(Cl)c(C)c3)cs2)nc2ccccc21. The predicted octanol–water partition coefficient (Wildman–Crippen LogP) is 6.30. The molecule has 0 aliphatic heterocycles. The van der Waals surface area contributed by atoms with Crippen molar-refractivity contribution in [1.29, 1.82) is 0 Å². The number of aromatic nitrogens is 2. The number of nitrogens with zero attached hydrogens (tertiary/aromatic N) is 2. The minimum Gasteiger partial charge on any atom is -0.489 e. The summed E-state index contributed by atoms with van der Waals surface area (Å²) in [7, 11) is 0. The number of fused-ring (bicyclic) bond motifs is 1. The lowest BCUT2D eigenvalue weighted by Crippen LogP contribution is -2.15. The second-order valence-corrected chi connectivity index (χ2v) is 8.37. The van der Waals surface area contributed by atoms with Gasteiger partial charge in [0.1, 0.15) is 12.4 Å². The number of thiophene rings is 1. The molecule has 4 aromatic rings. The van der Waals surface area contributed by atoms with E-state index in [0.29, 0.717) is 22.5 Å². The first-order valence-corrected chi connectivity index (χ1v) is 11.0. The van der Waals surface area contributed by atoms with E-state index in [0.717, 1.165) is 40.9 Å². The Morgan fingerprint density at radius 2 is 2.07 bits per heavy atom. The molecule has 2 aromatic carbocycles. The van der Waals surface area contributed by atoms with E-state index < -0.39 is 0 Å². The highest BCUT2D eigenvalue weighted by atomic mass is 35.5. The summed E-state index contributed by atoms with van der Waals surface area (Å²) in [6.07, 6.45) is 0.952. The highest BCUT2D eigenvalue weighted by molar-refractivity contribution is 7.12. The Hall–Kier alpha value is -2.83. The lowest BCUT2D eigenvalue weighted by molar-refractivity contribution is 0.102. The number of rotatable bonds is 7. The normalized spacial score (nSPS) is 11.0. The zero-order valence-electron chi connectivity index (χ0n) is 16.8. The Labute approximate surface area is 184 Å². The molecular weight excluding hydrogens is 418 g/mol. The van der Waals surface area contributed by atoms with Gasteiger partial charge in [-0.25, -0.2) is 4.98 Å². The summed E-state index contributed by atoms with van der Waals surface area (Å²) in [6.45, 7) is 5.22. The van der Waals surface area contributed by atoms with Crippen LogP contribution < -0.4 is 10.1 Å². The summed E-state index contributed by atoms with van der Waals surface area (Å²) < 4.78 is 7.88. The summed E-state index contributed by atoms with van der Waals surface area (Å²) in [5.41, 5.74) is 3.81. The van der Waals surface area contributed by atoms with Crippen molar-refractivity contribution in [2.75, 3.05) is 5.32 Å². The molecule has 7 heteroatoms. The average molecular weight is 440 g/mol. The number of anilines is 1. The first-order valence-electron chi connectivity index (χ1n) is 9.78. The summed E-state index contributed by atoms with van der Waals surface area (Å²) in [6, 6.07) is 15.3. The van der Waals surface area contributed by atoms with Gasteiger partial charge in [-0.2, -0.15) is 0 Å². The van der Waals surface area contributed by atoms with Crippen LogP contribution in [-0.2, 0) is 13.2 Å². The van der Waals surface area contributed by atoms with E-state index in [4.69, 9.17) is 16.3 Å². The van der Waals surface area contributed by atoms with Gasteiger partial charge < -0.3 is 9.30 Å². The van der Waals surface area contributed by atoms with E-state index in [9.17, 15) is 4.79 Å². The molecule has 0 atom stereocenters. The largest absolute Gasteiger partial charge is 0.489 e. The van der Waals surface area contributed by atoms with Crippen LogP contribution >= 0.6 is 22.9 Å². The topological polar surface area (TPSA) is 56.2 Å². The van der Waals surface area contributed by atoms with E-state index in [1.807, 2.05) is 65.4 Å². The van der Waals surface area contributed by atoms with Gasteiger partial charge in [-0.05, 0) is 60.7 Å². The minimum atomic E-state index is -0.166. The lowest BCUT2D eigenvalue weighted by Gasteiger charge is -2.08. The molecule has 2 aromatic heterocycles. The van der Waals surface area contributed by atoms with Gasteiger partial charge in [0, 0.05) is 17.1 Å². The van der Waals surface area contributed by atoms with Crippen molar-refractivity contribution in [1.82, 2.24) is 9.55 Å². The number of imidazole rings is 1. The van der Waals surface area contributed by atoms with Crippen LogP contribution in [0.3, 0.4) is 0 Å². The lowest BCUT2D eigenvalue weighted by atomic mass is 10.2. The number of aryl methyl sites for hydroxylation is 2.